The Morgan fingerprint density at radius 3 is 2.23 bits per heavy atom. The van der Waals surface area contributed by atoms with Crippen LogP contribution >= 0.6 is 34.8 Å². The summed E-state index contributed by atoms with van der Waals surface area (Å²) >= 11 is 18.5. The zero-order chi connectivity index (χ0) is 21.9. The van der Waals surface area contributed by atoms with Crippen molar-refractivity contribution in [1.82, 2.24) is 0 Å². The summed E-state index contributed by atoms with van der Waals surface area (Å²) in [5.74, 6) is -1.77. The first-order valence-electron chi connectivity index (χ1n) is 9.25. The predicted octanol–water partition coefficient (Wildman–Crippen LogP) is 5.81. The predicted molar refractivity (Wildman–Crippen MR) is 122 cm³/mol. The lowest BCUT2D eigenvalue weighted by Gasteiger charge is -2.35. The summed E-state index contributed by atoms with van der Waals surface area (Å²) in [5.41, 5.74) is 0.204. The second-order valence-electron chi connectivity index (χ2n) is 7.21. The number of carbonyl (C=O) groups is 2. The third-order valence-electron chi connectivity index (χ3n) is 5.47. The number of halogens is 3. The Bertz CT molecular complexity index is 1320. The van der Waals surface area contributed by atoms with Crippen molar-refractivity contribution in [2.24, 2.45) is 0 Å². The first-order chi connectivity index (χ1) is 14.8. The van der Waals surface area contributed by atoms with Gasteiger partial charge in [-0.2, -0.15) is 0 Å². The van der Waals surface area contributed by atoms with E-state index in [0.717, 1.165) is 0 Å². The van der Waals surface area contributed by atoms with Crippen molar-refractivity contribution in [2.45, 2.75) is 5.54 Å². The highest BCUT2D eigenvalue weighted by molar-refractivity contribution is 6.34. The van der Waals surface area contributed by atoms with Crippen LogP contribution in [0.5, 0.6) is 0 Å². The molecule has 5 nitrogen and oxygen atoms in total. The maximum absolute atomic E-state index is 13.6. The van der Waals surface area contributed by atoms with Gasteiger partial charge in [-0.3, -0.25) is 14.5 Å². The molecule has 0 saturated heterocycles. The zero-order valence-corrected chi connectivity index (χ0v) is 18.0. The monoisotopic (exact) mass is 470 g/mol. The molecular formula is C23H13Cl3N2O3. The number of anilines is 2. The Balaban J connectivity index is 1.88. The van der Waals surface area contributed by atoms with Gasteiger partial charge in [-0.25, -0.2) is 0 Å². The van der Waals surface area contributed by atoms with Crippen LogP contribution in [0.3, 0.4) is 0 Å². The number of carbonyl (C=O) groups excluding carboxylic acids is 2. The molecular weight excluding hydrogens is 459 g/mol. The number of fused-ring (bicyclic) bond motifs is 2. The van der Waals surface area contributed by atoms with E-state index in [4.69, 9.17) is 34.8 Å². The Labute approximate surface area is 192 Å². The van der Waals surface area contributed by atoms with Crippen molar-refractivity contribution in [3.8, 4) is 0 Å². The number of amides is 2. The van der Waals surface area contributed by atoms with Crippen LogP contribution in [-0.2, 0) is 15.1 Å². The Morgan fingerprint density at radius 2 is 1.52 bits per heavy atom. The van der Waals surface area contributed by atoms with Gasteiger partial charge in [0.05, 0.1) is 0 Å². The lowest BCUT2D eigenvalue weighted by atomic mass is 9.80. The number of aliphatic hydroxyl groups is 1. The number of aliphatic hydroxyl groups excluding tert-OH is 1. The highest BCUT2D eigenvalue weighted by atomic mass is 35.5. The van der Waals surface area contributed by atoms with Crippen molar-refractivity contribution in [3.63, 3.8) is 0 Å². The quantitative estimate of drug-likeness (QED) is 0.495. The second-order valence-corrected chi connectivity index (χ2v) is 8.52. The molecule has 31 heavy (non-hydrogen) atoms. The molecule has 0 fully saturated rings. The van der Waals surface area contributed by atoms with Crippen molar-refractivity contribution in [1.29, 1.82) is 0 Å². The number of nitrogens with one attached hydrogen (secondary N) is 1. The van der Waals surface area contributed by atoms with Crippen LogP contribution in [0.25, 0.3) is 5.57 Å². The molecule has 1 spiro atoms. The third-order valence-corrected chi connectivity index (χ3v) is 6.17. The molecule has 3 aromatic rings. The van der Waals surface area contributed by atoms with Gasteiger partial charge in [-0.05, 0) is 48.0 Å². The number of rotatable bonds is 2. The van der Waals surface area contributed by atoms with Crippen LogP contribution in [0.15, 0.2) is 72.5 Å². The Hall–Kier alpha value is -2.99. The van der Waals surface area contributed by atoms with E-state index in [9.17, 15) is 14.7 Å². The van der Waals surface area contributed by atoms with E-state index in [1.807, 2.05) is 0 Å². The molecule has 1 unspecified atom stereocenters. The van der Waals surface area contributed by atoms with Crippen LogP contribution in [0.4, 0.5) is 11.4 Å². The fraction of sp³-hybridized carbons (Fsp3) is 0.0435. The normalized spacial score (nSPS) is 19.9. The van der Waals surface area contributed by atoms with Gasteiger partial charge in [-0.1, -0.05) is 59.1 Å². The molecule has 5 rings (SSSR count). The molecule has 2 heterocycles. The van der Waals surface area contributed by atoms with Gasteiger partial charge in [0.1, 0.15) is 0 Å². The highest BCUT2D eigenvalue weighted by Gasteiger charge is 2.62. The molecule has 2 aliphatic rings. The lowest BCUT2D eigenvalue weighted by Crippen LogP contribution is -2.50. The molecule has 3 aromatic carbocycles. The SMILES string of the molecule is O=C1C(O)=C(c2cccc(Cl)c2)C2(C(=O)Nc3cc(Cl)ccc32)N1c1cccc(Cl)c1. The van der Waals surface area contributed by atoms with E-state index in [-0.39, 0.29) is 5.57 Å². The summed E-state index contributed by atoms with van der Waals surface area (Å²) < 4.78 is 0. The smallest absolute Gasteiger partial charge is 0.295 e. The van der Waals surface area contributed by atoms with Gasteiger partial charge in [0.15, 0.2) is 11.3 Å². The lowest BCUT2D eigenvalue weighted by molar-refractivity contribution is -0.123. The average molecular weight is 472 g/mol. The topological polar surface area (TPSA) is 69.6 Å². The summed E-state index contributed by atoms with van der Waals surface area (Å²) in [5, 5.41) is 15.0. The van der Waals surface area contributed by atoms with Gasteiger partial charge in [0.25, 0.3) is 11.8 Å². The van der Waals surface area contributed by atoms with E-state index < -0.39 is 23.1 Å². The van der Waals surface area contributed by atoms with Gasteiger partial charge < -0.3 is 10.4 Å². The summed E-state index contributed by atoms with van der Waals surface area (Å²) in [7, 11) is 0. The minimum Gasteiger partial charge on any atom is -0.503 e. The molecule has 0 aliphatic carbocycles. The highest BCUT2D eigenvalue weighted by Crippen LogP contribution is 2.55. The largest absolute Gasteiger partial charge is 0.503 e. The average Bonchev–Trinajstić information content (AvgIpc) is 3.12. The summed E-state index contributed by atoms with van der Waals surface area (Å²) in [4.78, 5) is 28.3. The molecule has 1 atom stereocenters. The maximum Gasteiger partial charge on any atom is 0.295 e. The van der Waals surface area contributed by atoms with Crippen LogP contribution in [0, 0.1) is 0 Å². The molecule has 0 aromatic heterocycles. The molecule has 8 heteroatoms. The molecule has 2 N–H and O–H groups in total. The van der Waals surface area contributed by atoms with Crippen LogP contribution in [0.1, 0.15) is 11.1 Å². The van der Waals surface area contributed by atoms with Gasteiger partial charge in [0, 0.05) is 37.6 Å². The van der Waals surface area contributed by atoms with Gasteiger partial charge >= 0.3 is 0 Å². The first kappa shape index (κ1) is 19.9. The van der Waals surface area contributed by atoms with Crippen LogP contribution in [-0.4, -0.2) is 16.9 Å². The first-order valence-corrected chi connectivity index (χ1v) is 10.4. The van der Waals surface area contributed by atoms with E-state index in [1.54, 1.807) is 66.7 Å². The van der Waals surface area contributed by atoms with E-state index in [0.29, 0.717) is 37.6 Å². The number of nitrogens with zero attached hydrogens (tertiary/aromatic N) is 1. The van der Waals surface area contributed by atoms with Crippen molar-refractivity contribution >= 4 is 63.6 Å². The molecule has 0 bridgehead atoms. The molecule has 0 saturated carbocycles. The maximum atomic E-state index is 13.6. The minimum absolute atomic E-state index is 0.138. The summed E-state index contributed by atoms with van der Waals surface area (Å²) in [6.45, 7) is 0. The molecule has 2 aliphatic heterocycles. The Kier molecular flexibility index (Phi) is 4.52. The van der Waals surface area contributed by atoms with E-state index >= 15 is 0 Å². The molecule has 0 radical (unpaired) electrons. The second kappa shape index (κ2) is 7.02. The van der Waals surface area contributed by atoms with Crippen molar-refractivity contribution in [3.05, 3.63) is 98.7 Å². The number of hydrogen-bond acceptors (Lipinski definition) is 3. The summed E-state index contributed by atoms with van der Waals surface area (Å²) in [6.07, 6.45) is 0. The Morgan fingerprint density at radius 1 is 0.839 bits per heavy atom. The minimum atomic E-state index is -1.67. The van der Waals surface area contributed by atoms with Crippen LogP contribution < -0.4 is 10.2 Å². The fourth-order valence-corrected chi connectivity index (χ4v) is 4.85. The fourth-order valence-electron chi connectivity index (χ4n) is 4.30. The van der Waals surface area contributed by atoms with E-state index in [1.165, 1.54) is 4.90 Å². The zero-order valence-electron chi connectivity index (χ0n) is 15.7. The standard InChI is InChI=1S/C23H13Cl3N2O3/c24-13-4-1-3-12(9-13)19-20(29)21(30)28(16-6-2-5-14(25)10-16)23(19)17-8-7-15(26)11-18(17)27-22(23)31/h1-11,29H,(H,27,31). The van der Waals surface area contributed by atoms with Crippen molar-refractivity contribution < 1.29 is 14.7 Å². The molecule has 154 valence electrons. The van der Waals surface area contributed by atoms with Crippen molar-refractivity contribution in [2.75, 3.05) is 10.2 Å². The van der Waals surface area contributed by atoms with Gasteiger partial charge in [0.2, 0.25) is 0 Å². The van der Waals surface area contributed by atoms with E-state index in [2.05, 4.69) is 5.32 Å². The summed E-state index contributed by atoms with van der Waals surface area (Å²) in [6, 6.07) is 18.1. The van der Waals surface area contributed by atoms with Gasteiger partial charge in [-0.15, -0.1) is 0 Å². The number of benzene rings is 3. The number of hydrogen-bond donors (Lipinski definition) is 2. The third kappa shape index (κ3) is 2.78. The van der Waals surface area contributed by atoms with Crippen LogP contribution in [0.2, 0.25) is 15.1 Å². The molecule has 2 amide bonds.